The molecule has 2 aromatic rings. The summed E-state index contributed by atoms with van der Waals surface area (Å²) < 4.78 is 24.6. The predicted octanol–water partition coefficient (Wildman–Crippen LogP) is 3.17. The second-order valence-corrected chi connectivity index (χ2v) is 7.14. The van der Waals surface area contributed by atoms with Gasteiger partial charge < -0.3 is 14.4 Å². The van der Waals surface area contributed by atoms with Crippen LogP contribution in [-0.4, -0.2) is 55.6 Å². The summed E-state index contributed by atoms with van der Waals surface area (Å²) in [6.07, 6.45) is 0. The van der Waals surface area contributed by atoms with Crippen LogP contribution in [0.2, 0.25) is 0 Å². The molecule has 1 saturated heterocycles. The van der Waals surface area contributed by atoms with Crippen molar-refractivity contribution in [2.24, 2.45) is 0 Å². The third-order valence-electron chi connectivity index (χ3n) is 5.10. The molecule has 28 heavy (non-hydrogen) atoms. The number of nitrogens with zero attached hydrogens (tertiary/aromatic N) is 2. The lowest BCUT2D eigenvalue weighted by Gasteiger charge is -2.34. The van der Waals surface area contributed by atoms with Crippen molar-refractivity contribution in [3.63, 3.8) is 0 Å². The summed E-state index contributed by atoms with van der Waals surface area (Å²) in [4.78, 5) is 16.5. The van der Waals surface area contributed by atoms with Crippen molar-refractivity contribution in [1.82, 2.24) is 9.80 Å². The molecule has 6 heteroatoms. The Hall–Kier alpha value is -2.60. The Morgan fingerprint density at radius 2 is 1.75 bits per heavy atom. The normalized spacial score (nSPS) is 14.8. The standard InChI is InChI=1S/C22H27FN2O3/c1-16-5-4-6-17(2)22(16)28-15-21(26)25-11-9-24(10-12-25)14-18-7-8-20(27-3)19(23)13-18/h4-8,13H,9-12,14-15H2,1-3H3. The van der Waals surface area contributed by atoms with Gasteiger partial charge in [-0.2, -0.15) is 0 Å². The number of aryl methyl sites for hydroxylation is 2. The van der Waals surface area contributed by atoms with Crippen LogP contribution in [0, 0.1) is 19.7 Å². The number of carbonyl (C=O) groups excluding carboxylic acids is 1. The quantitative estimate of drug-likeness (QED) is 0.765. The minimum Gasteiger partial charge on any atom is -0.494 e. The molecule has 0 bridgehead atoms. The summed E-state index contributed by atoms with van der Waals surface area (Å²) >= 11 is 0. The molecule has 2 aromatic carbocycles. The number of ether oxygens (including phenoxy) is 2. The molecule has 150 valence electrons. The van der Waals surface area contributed by atoms with Gasteiger partial charge in [0.2, 0.25) is 0 Å². The van der Waals surface area contributed by atoms with Crippen molar-refractivity contribution >= 4 is 5.91 Å². The first kappa shape index (κ1) is 20.1. The number of rotatable bonds is 6. The summed E-state index contributed by atoms with van der Waals surface area (Å²) in [5.74, 6) is 0.689. The number of halogens is 1. The fourth-order valence-electron chi connectivity index (χ4n) is 3.47. The molecule has 0 aromatic heterocycles. The SMILES string of the molecule is COc1ccc(CN2CCN(C(=O)COc3c(C)cccc3C)CC2)cc1F. The average Bonchev–Trinajstić information content (AvgIpc) is 2.68. The van der Waals surface area contributed by atoms with Crippen LogP contribution >= 0.6 is 0 Å². The van der Waals surface area contributed by atoms with E-state index < -0.39 is 0 Å². The molecule has 0 unspecified atom stereocenters. The van der Waals surface area contributed by atoms with Crippen LogP contribution < -0.4 is 9.47 Å². The van der Waals surface area contributed by atoms with Crippen molar-refractivity contribution in [3.05, 3.63) is 58.9 Å². The van der Waals surface area contributed by atoms with Gasteiger partial charge in [0.15, 0.2) is 18.2 Å². The van der Waals surface area contributed by atoms with E-state index in [9.17, 15) is 9.18 Å². The van der Waals surface area contributed by atoms with Gasteiger partial charge in [-0.1, -0.05) is 24.3 Å². The second-order valence-electron chi connectivity index (χ2n) is 7.14. The number of methoxy groups -OCH3 is 1. The Labute approximate surface area is 165 Å². The lowest BCUT2D eigenvalue weighted by Crippen LogP contribution is -2.49. The van der Waals surface area contributed by atoms with E-state index in [4.69, 9.17) is 9.47 Å². The molecule has 1 heterocycles. The number of piperazine rings is 1. The summed E-state index contributed by atoms with van der Waals surface area (Å²) in [5, 5.41) is 0. The fourth-order valence-corrected chi connectivity index (χ4v) is 3.47. The lowest BCUT2D eigenvalue weighted by molar-refractivity contribution is -0.135. The van der Waals surface area contributed by atoms with Crippen LogP contribution in [0.1, 0.15) is 16.7 Å². The molecule has 5 nitrogen and oxygen atoms in total. The number of hydrogen-bond donors (Lipinski definition) is 0. The highest BCUT2D eigenvalue weighted by Gasteiger charge is 2.22. The number of para-hydroxylation sites is 1. The highest BCUT2D eigenvalue weighted by molar-refractivity contribution is 5.78. The van der Waals surface area contributed by atoms with Crippen LogP contribution in [-0.2, 0) is 11.3 Å². The van der Waals surface area contributed by atoms with Crippen LogP contribution in [0.5, 0.6) is 11.5 Å². The minimum absolute atomic E-state index is 0.00204. The zero-order valence-electron chi connectivity index (χ0n) is 16.7. The Morgan fingerprint density at radius 3 is 2.36 bits per heavy atom. The first-order valence-electron chi connectivity index (χ1n) is 9.49. The van der Waals surface area contributed by atoms with Crippen molar-refractivity contribution < 1.29 is 18.7 Å². The Balaban J connectivity index is 1.48. The van der Waals surface area contributed by atoms with Gasteiger partial charge in [0, 0.05) is 32.7 Å². The van der Waals surface area contributed by atoms with E-state index in [2.05, 4.69) is 4.90 Å². The van der Waals surface area contributed by atoms with Gasteiger partial charge in [-0.3, -0.25) is 9.69 Å². The van der Waals surface area contributed by atoms with Gasteiger partial charge in [-0.15, -0.1) is 0 Å². The monoisotopic (exact) mass is 386 g/mol. The lowest BCUT2D eigenvalue weighted by atomic mass is 10.1. The summed E-state index contributed by atoms with van der Waals surface area (Å²) in [6, 6.07) is 11.0. The summed E-state index contributed by atoms with van der Waals surface area (Å²) in [7, 11) is 1.46. The van der Waals surface area contributed by atoms with Crippen molar-refractivity contribution in [3.8, 4) is 11.5 Å². The van der Waals surface area contributed by atoms with E-state index in [0.29, 0.717) is 19.6 Å². The van der Waals surface area contributed by atoms with E-state index in [1.807, 2.05) is 43.0 Å². The van der Waals surface area contributed by atoms with Crippen LogP contribution in [0.3, 0.4) is 0 Å². The number of carbonyl (C=O) groups is 1. The molecule has 0 N–H and O–H groups in total. The third kappa shape index (κ3) is 4.81. The maximum Gasteiger partial charge on any atom is 0.260 e. The van der Waals surface area contributed by atoms with Gasteiger partial charge in [-0.25, -0.2) is 4.39 Å². The molecule has 0 radical (unpaired) electrons. The zero-order valence-corrected chi connectivity index (χ0v) is 16.7. The molecule has 1 aliphatic heterocycles. The molecular formula is C22H27FN2O3. The molecule has 3 rings (SSSR count). The van der Waals surface area contributed by atoms with Crippen molar-refractivity contribution in [2.75, 3.05) is 39.9 Å². The number of hydrogen-bond acceptors (Lipinski definition) is 4. The third-order valence-corrected chi connectivity index (χ3v) is 5.10. The first-order valence-corrected chi connectivity index (χ1v) is 9.49. The van der Waals surface area contributed by atoms with Gasteiger partial charge in [-0.05, 0) is 42.7 Å². The topological polar surface area (TPSA) is 42.0 Å². The summed E-state index contributed by atoms with van der Waals surface area (Å²) in [6.45, 7) is 7.46. The minimum atomic E-state index is -0.350. The van der Waals surface area contributed by atoms with Gasteiger partial charge in [0.1, 0.15) is 5.75 Å². The van der Waals surface area contributed by atoms with Crippen LogP contribution in [0.4, 0.5) is 4.39 Å². The Kier molecular flexibility index (Phi) is 6.52. The molecule has 1 amide bonds. The van der Waals surface area contributed by atoms with Crippen LogP contribution in [0.15, 0.2) is 36.4 Å². The number of benzene rings is 2. The molecule has 0 atom stereocenters. The van der Waals surface area contributed by atoms with Gasteiger partial charge >= 0.3 is 0 Å². The van der Waals surface area contributed by atoms with E-state index >= 15 is 0 Å². The van der Waals surface area contributed by atoms with E-state index in [1.165, 1.54) is 13.2 Å². The highest BCUT2D eigenvalue weighted by Crippen LogP contribution is 2.22. The summed E-state index contributed by atoms with van der Waals surface area (Å²) in [5.41, 5.74) is 2.96. The molecule has 1 aliphatic rings. The largest absolute Gasteiger partial charge is 0.494 e. The maximum atomic E-state index is 13.8. The Bertz CT molecular complexity index is 812. The second kappa shape index (κ2) is 9.06. The van der Waals surface area contributed by atoms with E-state index in [-0.39, 0.29) is 24.1 Å². The highest BCUT2D eigenvalue weighted by atomic mass is 19.1. The smallest absolute Gasteiger partial charge is 0.260 e. The van der Waals surface area contributed by atoms with Crippen molar-refractivity contribution in [2.45, 2.75) is 20.4 Å². The van der Waals surface area contributed by atoms with E-state index in [0.717, 1.165) is 35.5 Å². The molecule has 0 spiro atoms. The van der Waals surface area contributed by atoms with E-state index in [1.54, 1.807) is 6.07 Å². The average molecular weight is 386 g/mol. The maximum absolute atomic E-state index is 13.8. The fraction of sp³-hybridized carbons (Fsp3) is 0.409. The molecular weight excluding hydrogens is 359 g/mol. The zero-order chi connectivity index (χ0) is 20.1. The molecule has 1 fully saturated rings. The van der Waals surface area contributed by atoms with Crippen molar-refractivity contribution in [1.29, 1.82) is 0 Å². The van der Waals surface area contributed by atoms with Crippen LogP contribution in [0.25, 0.3) is 0 Å². The molecule has 0 saturated carbocycles. The van der Waals surface area contributed by atoms with Gasteiger partial charge in [0.05, 0.1) is 7.11 Å². The Morgan fingerprint density at radius 1 is 1.07 bits per heavy atom. The predicted molar refractivity (Wildman–Crippen MR) is 106 cm³/mol. The van der Waals surface area contributed by atoms with Gasteiger partial charge in [0.25, 0.3) is 5.91 Å². The first-order chi connectivity index (χ1) is 13.5. The molecule has 0 aliphatic carbocycles. The number of amides is 1.